The Labute approximate surface area is 201 Å². The summed E-state index contributed by atoms with van der Waals surface area (Å²) in [4.78, 5) is 16.4. The average Bonchev–Trinajstić information content (AvgIpc) is 2.81. The first kappa shape index (κ1) is 23.6. The van der Waals surface area contributed by atoms with Crippen LogP contribution >= 0.6 is 0 Å². The van der Waals surface area contributed by atoms with Crippen molar-refractivity contribution in [3.05, 3.63) is 48.5 Å². The first-order valence-electron chi connectivity index (χ1n) is 12.0. The highest BCUT2D eigenvalue weighted by molar-refractivity contribution is 5.60. The Morgan fingerprint density at radius 1 is 0.735 bits per heavy atom. The van der Waals surface area contributed by atoms with Gasteiger partial charge in [-0.1, -0.05) is 13.8 Å². The van der Waals surface area contributed by atoms with Crippen LogP contribution in [0, 0.1) is 11.8 Å². The van der Waals surface area contributed by atoms with Crippen molar-refractivity contribution in [3.63, 3.8) is 0 Å². The zero-order chi connectivity index (χ0) is 23.9. The Kier molecular flexibility index (Phi) is 7.67. The molecule has 0 saturated carbocycles. The second-order valence-electron chi connectivity index (χ2n) is 8.80. The predicted molar refractivity (Wildman–Crippen MR) is 137 cm³/mol. The number of hydrogen-bond acceptors (Lipinski definition) is 8. The van der Waals surface area contributed by atoms with Gasteiger partial charge in [-0.05, 0) is 80.6 Å². The first-order chi connectivity index (χ1) is 16.5. The number of piperidine rings is 1. The van der Waals surface area contributed by atoms with Crippen molar-refractivity contribution in [2.75, 3.05) is 41.8 Å². The molecule has 0 bridgehead atoms. The van der Waals surface area contributed by atoms with E-state index in [0.717, 1.165) is 36.0 Å². The Morgan fingerprint density at radius 2 is 1.18 bits per heavy atom. The normalized spacial score (nSPS) is 17.8. The highest BCUT2D eigenvalue weighted by Gasteiger charge is 2.24. The average molecular weight is 463 g/mol. The minimum atomic E-state index is 0.494. The summed E-state index contributed by atoms with van der Waals surface area (Å²) in [6.45, 7) is 11.6. The zero-order valence-electron chi connectivity index (χ0n) is 20.4. The van der Waals surface area contributed by atoms with Crippen molar-refractivity contribution < 1.29 is 9.47 Å². The molecule has 4 rings (SSSR count). The van der Waals surface area contributed by atoms with E-state index in [1.807, 2.05) is 62.4 Å². The molecule has 0 radical (unpaired) electrons. The third-order valence-electron chi connectivity index (χ3n) is 5.62. The molecule has 8 nitrogen and oxygen atoms in total. The molecular formula is C26H34N6O2. The van der Waals surface area contributed by atoms with Crippen molar-refractivity contribution in [3.8, 4) is 11.5 Å². The molecule has 1 aromatic heterocycles. The maximum Gasteiger partial charge on any atom is 0.233 e. The molecule has 34 heavy (non-hydrogen) atoms. The Hall–Kier alpha value is -3.55. The van der Waals surface area contributed by atoms with Gasteiger partial charge in [-0.15, -0.1) is 0 Å². The molecule has 2 aromatic carbocycles. The summed E-state index contributed by atoms with van der Waals surface area (Å²) in [5.41, 5.74) is 1.76. The van der Waals surface area contributed by atoms with E-state index in [1.54, 1.807) is 0 Å². The van der Waals surface area contributed by atoms with Crippen molar-refractivity contribution in [1.82, 2.24) is 15.0 Å². The molecule has 2 atom stereocenters. The lowest BCUT2D eigenvalue weighted by Crippen LogP contribution is -2.39. The third kappa shape index (κ3) is 6.27. The minimum Gasteiger partial charge on any atom is -0.494 e. The minimum absolute atomic E-state index is 0.494. The Balaban J connectivity index is 1.60. The number of ether oxygens (including phenoxy) is 2. The molecular weight excluding hydrogens is 428 g/mol. The molecule has 0 spiro atoms. The fourth-order valence-electron chi connectivity index (χ4n) is 4.30. The summed E-state index contributed by atoms with van der Waals surface area (Å²) in [6, 6.07) is 15.6. The number of rotatable bonds is 9. The van der Waals surface area contributed by atoms with Gasteiger partial charge in [-0.25, -0.2) is 0 Å². The highest BCUT2D eigenvalue weighted by atomic mass is 16.5. The van der Waals surface area contributed by atoms with Gasteiger partial charge in [0.25, 0.3) is 0 Å². The molecule has 0 amide bonds. The van der Waals surface area contributed by atoms with Crippen LogP contribution in [0.25, 0.3) is 0 Å². The lowest BCUT2D eigenvalue weighted by molar-refractivity contribution is 0.340. The maximum absolute atomic E-state index is 5.54. The van der Waals surface area contributed by atoms with E-state index in [2.05, 4.69) is 34.4 Å². The van der Waals surface area contributed by atoms with E-state index < -0.39 is 0 Å². The largest absolute Gasteiger partial charge is 0.494 e. The Bertz CT molecular complexity index is 978. The predicted octanol–water partition coefficient (Wildman–Crippen LogP) is 5.64. The number of nitrogens with zero attached hydrogens (tertiary/aromatic N) is 4. The lowest BCUT2D eigenvalue weighted by Gasteiger charge is -2.35. The third-order valence-corrected chi connectivity index (χ3v) is 5.62. The summed E-state index contributed by atoms with van der Waals surface area (Å²) in [5, 5.41) is 6.65. The molecule has 1 saturated heterocycles. The van der Waals surface area contributed by atoms with E-state index >= 15 is 0 Å². The van der Waals surface area contributed by atoms with E-state index in [-0.39, 0.29) is 0 Å². The fourth-order valence-corrected chi connectivity index (χ4v) is 4.30. The fraction of sp³-hybridized carbons (Fsp3) is 0.423. The van der Waals surface area contributed by atoms with Gasteiger partial charge in [0.05, 0.1) is 13.2 Å². The van der Waals surface area contributed by atoms with Crippen LogP contribution < -0.4 is 25.0 Å². The summed E-state index contributed by atoms with van der Waals surface area (Å²) in [7, 11) is 0. The van der Waals surface area contributed by atoms with Gasteiger partial charge in [-0.3, -0.25) is 0 Å². The molecule has 1 aliphatic heterocycles. The van der Waals surface area contributed by atoms with Gasteiger partial charge < -0.3 is 25.0 Å². The van der Waals surface area contributed by atoms with Gasteiger partial charge in [0.2, 0.25) is 17.8 Å². The first-order valence-corrected chi connectivity index (χ1v) is 12.0. The van der Waals surface area contributed by atoms with Gasteiger partial charge in [-0.2, -0.15) is 15.0 Å². The standard InChI is InChI=1S/C26H34N6O2/c1-5-33-22-11-7-20(8-12-22)27-24-29-25(28-21-9-13-23(14-10-21)34-6-2)31-26(30-24)32-16-18(3)15-19(4)17-32/h7-14,18-19H,5-6,15-17H2,1-4H3,(H2,27,28,29,30,31)/t18-,19+. The summed E-state index contributed by atoms with van der Waals surface area (Å²) < 4.78 is 11.1. The van der Waals surface area contributed by atoms with Crippen LogP contribution in [0.4, 0.5) is 29.2 Å². The van der Waals surface area contributed by atoms with Crippen LogP contribution in [0.1, 0.15) is 34.1 Å². The van der Waals surface area contributed by atoms with E-state index in [1.165, 1.54) is 6.42 Å². The molecule has 2 N–H and O–H groups in total. The summed E-state index contributed by atoms with van der Waals surface area (Å²) in [5.74, 6) is 4.50. The molecule has 2 heterocycles. The van der Waals surface area contributed by atoms with Crippen molar-refractivity contribution in [2.24, 2.45) is 11.8 Å². The molecule has 8 heteroatoms. The molecule has 0 unspecified atom stereocenters. The number of aromatic nitrogens is 3. The van der Waals surface area contributed by atoms with Gasteiger partial charge >= 0.3 is 0 Å². The van der Waals surface area contributed by atoms with Crippen LogP contribution in [-0.4, -0.2) is 41.3 Å². The summed E-state index contributed by atoms with van der Waals surface area (Å²) in [6.07, 6.45) is 1.22. The molecule has 180 valence electrons. The van der Waals surface area contributed by atoms with E-state index in [4.69, 9.17) is 19.4 Å². The molecule has 0 aliphatic carbocycles. The van der Waals surface area contributed by atoms with E-state index in [9.17, 15) is 0 Å². The smallest absolute Gasteiger partial charge is 0.233 e. The number of benzene rings is 2. The SMILES string of the molecule is CCOc1ccc(Nc2nc(Nc3ccc(OCC)cc3)nc(N3C[C@H](C)C[C@H](C)C3)n2)cc1. The second-order valence-corrected chi connectivity index (χ2v) is 8.80. The molecule has 1 fully saturated rings. The molecule has 3 aromatic rings. The number of hydrogen-bond donors (Lipinski definition) is 2. The lowest BCUT2D eigenvalue weighted by atomic mass is 9.92. The second kappa shape index (κ2) is 11.0. The zero-order valence-corrected chi connectivity index (χ0v) is 20.4. The molecule has 1 aliphatic rings. The van der Waals surface area contributed by atoms with Crippen molar-refractivity contribution in [2.45, 2.75) is 34.1 Å². The number of anilines is 5. The van der Waals surface area contributed by atoms with Gasteiger partial charge in [0.15, 0.2) is 0 Å². The summed E-state index contributed by atoms with van der Waals surface area (Å²) >= 11 is 0. The van der Waals surface area contributed by atoms with Crippen molar-refractivity contribution >= 4 is 29.2 Å². The van der Waals surface area contributed by atoms with E-state index in [0.29, 0.717) is 42.9 Å². The van der Waals surface area contributed by atoms with Crippen LogP contribution in [-0.2, 0) is 0 Å². The van der Waals surface area contributed by atoms with Crippen LogP contribution in [0.15, 0.2) is 48.5 Å². The van der Waals surface area contributed by atoms with Crippen LogP contribution in [0.2, 0.25) is 0 Å². The van der Waals surface area contributed by atoms with Crippen LogP contribution in [0.5, 0.6) is 11.5 Å². The topological polar surface area (TPSA) is 84.4 Å². The number of nitrogens with one attached hydrogen (secondary N) is 2. The highest BCUT2D eigenvalue weighted by Crippen LogP contribution is 2.27. The van der Waals surface area contributed by atoms with Gasteiger partial charge in [0.1, 0.15) is 11.5 Å². The Morgan fingerprint density at radius 3 is 1.59 bits per heavy atom. The van der Waals surface area contributed by atoms with Crippen molar-refractivity contribution in [1.29, 1.82) is 0 Å². The van der Waals surface area contributed by atoms with Crippen LogP contribution in [0.3, 0.4) is 0 Å². The van der Waals surface area contributed by atoms with Gasteiger partial charge in [0, 0.05) is 24.5 Å². The monoisotopic (exact) mass is 462 g/mol. The maximum atomic E-state index is 5.54. The quantitative estimate of drug-likeness (QED) is 0.423.